The Hall–Kier alpha value is -2.57. The number of benzene rings is 2. The van der Waals surface area contributed by atoms with Crippen molar-refractivity contribution < 1.29 is 18.7 Å². The Bertz CT molecular complexity index is 823. The molecule has 2 aromatic rings. The minimum atomic E-state index is -1.02. The molecule has 0 saturated heterocycles. The van der Waals surface area contributed by atoms with Gasteiger partial charge in [-0.15, -0.1) is 0 Å². The first-order chi connectivity index (χ1) is 12.4. The van der Waals surface area contributed by atoms with E-state index in [0.717, 1.165) is 6.08 Å². The molecule has 0 fully saturated rings. The zero-order valence-corrected chi connectivity index (χ0v) is 15.1. The number of rotatable bonds is 5. The number of amides is 2. The predicted octanol–water partition coefficient (Wildman–Crippen LogP) is 3.76. The Morgan fingerprint density at radius 2 is 1.73 bits per heavy atom. The van der Waals surface area contributed by atoms with E-state index in [4.69, 9.17) is 27.9 Å². The number of hydrogen-bond acceptors (Lipinski definition) is 3. The van der Waals surface area contributed by atoms with Crippen LogP contribution in [-0.2, 0) is 9.59 Å². The SMILES string of the molecule is C[C@H](Oc1ccccc1F)C(=O)NNC(=O)/C=C/c1c(Cl)cccc1Cl. The lowest BCUT2D eigenvalue weighted by Gasteiger charge is -2.15. The van der Waals surface area contributed by atoms with Gasteiger partial charge in [-0.1, -0.05) is 41.4 Å². The molecule has 2 aromatic carbocycles. The lowest BCUT2D eigenvalue weighted by Crippen LogP contribution is -2.46. The quantitative estimate of drug-likeness (QED) is 0.597. The summed E-state index contributed by atoms with van der Waals surface area (Å²) >= 11 is 12.0. The van der Waals surface area contributed by atoms with Gasteiger partial charge in [0.2, 0.25) is 0 Å². The first-order valence-electron chi connectivity index (χ1n) is 7.51. The fraction of sp³-hybridized carbons (Fsp3) is 0.111. The van der Waals surface area contributed by atoms with Crippen molar-refractivity contribution in [3.63, 3.8) is 0 Å². The lowest BCUT2D eigenvalue weighted by atomic mass is 10.2. The van der Waals surface area contributed by atoms with E-state index in [1.54, 1.807) is 24.3 Å². The van der Waals surface area contributed by atoms with Crippen LogP contribution in [0.25, 0.3) is 6.08 Å². The van der Waals surface area contributed by atoms with Crippen LogP contribution in [0, 0.1) is 5.82 Å². The molecule has 0 aliphatic carbocycles. The molecule has 0 aliphatic rings. The Labute approximate surface area is 159 Å². The van der Waals surface area contributed by atoms with Crippen molar-refractivity contribution in [2.45, 2.75) is 13.0 Å². The molecule has 0 radical (unpaired) electrons. The fourth-order valence-electron chi connectivity index (χ4n) is 1.88. The summed E-state index contributed by atoms with van der Waals surface area (Å²) in [5.74, 6) is -1.90. The average Bonchev–Trinajstić information content (AvgIpc) is 2.61. The van der Waals surface area contributed by atoms with E-state index >= 15 is 0 Å². The van der Waals surface area contributed by atoms with Crippen LogP contribution in [0.1, 0.15) is 12.5 Å². The van der Waals surface area contributed by atoms with Crippen LogP contribution >= 0.6 is 23.2 Å². The van der Waals surface area contributed by atoms with Gasteiger partial charge in [-0.05, 0) is 37.3 Å². The molecule has 0 heterocycles. The van der Waals surface area contributed by atoms with Gasteiger partial charge in [-0.3, -0.25) is 20.4 Å². The molecule has 5 nitrogen and oxygen atoms in total. The van der Waals surface area contributed by atoms with Crippen molar-refractivity contribution in [1.82, 2.24) is 10.9 Å². The molecule has 2 amide bonds. The van der Waals surface area contributed by atoms with Crippen molar-refractivity contribution in [1.29, 1.82) is 0 Å². The van der Waals surface area contributed by atoms with E-state index in [1.165, 1.54) is 31.2 Å². The molecule has 2 rings (SSSR count). The molecular weight excluding hydrogens is 382 g/mol. The summed E-state index contributed by atoms with van der Waals surface area (Å²) in [4.78, 5) is 23.7. The van der Waals surface area contributed by atoms with Crippen LogP contribution < -0.4 is 15.6 Å². The molecule has 0 bridgehead atoms. The fourth-order valence-corrected chi connectivity index (χ4v) is 2.40. The van der Waals surface area contributed by atoms with Crippen LogP contribution in [-0.4, -0.2) is 17.9 Å². The Kier molecular flexibility index (Phi) is 7.00. The van der Waals surface area contributed by atoms with Crippen molar-refractivity contribution in [2.75, 3.05) is 0 Å². The number of carbonyl (C=O) groups is 2. The van der Waals surface area contributed by atoms with Gasteiger partial charge in [-0.2, -0.15) is 0 Å². The largest absolute Gasteiger partial charge is 0.478 e. The zero-order valence-electron chi connectivity index (χ0n) is 13.6. The number of nitrogens with one attached hydrogen (secondary N) is 2. The number of hydrogen-bond donors (Lipinski definition) is 2. The molecule has 136 valence electrons. The van der Waals surface area contributed by atoms with E-state index in [9.17, 15) is 14.0 Å². The highest BCUT2D eigenvalue weighted by Gasteiger charge is 2.16. The van der Waals surface area contributed by atoms with Gasteiger partial charge >= 0.3 is 0 Å². The summed E-state index contributed by atoms with van der Waals surface area (Å²) in [5, 5.41) is 0.773. The van der Waals surface area contributed by atoms with Gasteiger partial charge in [0.15, 0.2) is 17.7 Å². The van der Waals surface area contributed by atoms with Gasteiger partial charge in [0, 0.05) is 21.7 Å². The van der Waals surface area contributed by atoms with E-state index in [-0.39, 0.29) is 5.75 Å². The summed E-state index contributed by atoms with van der Waals surface area (Å²) in [6.07, 6.45) is 1.57. The van der Waals surface area contributed by atoms with Crippen LogP contribution in [0.2, 0.25) is 10.0 Å². The Balaban J connectivity index is 1.87. The molecule has 0 aliphatic heterocycles. The molecule has 2 N–H and O–H groups in total. The Morgan fingerprint density at radius 3 is 2.38 bits per heavy atom. The van der Waals surface area contributed by atoms with E-state index in [2.05, 4.69) is 10.9 Å². The molecule has 26 heavy (non-hydrogen) atoms. The maximum Gasteiger partial charge on any atom is 0.279 e. The zero-order chi connectivity index (χ0) is 19.1. The minimum absolute atomic E-state index is 0.0604. The summed E-state index contributed by atoms with van der Waals surface area (Å²) in [5.41, 5.74) is 4.85. The highest BCUT2D eigenvalue weighted by atomic mass is 35.5. The predicted molar refractivity (Wildman–Crippen MR) is 98.3 cm³/mol. The summed E-state index contributed by atoms with van der Waals surface area (Å²) in [7, 11) is 0. The summed E-state index contributed by atoms with van der Waals surface area (Å²) < 4.78 is 18.7. The number of ether oxygens (including phenoxy) is 1. The van der Waals surface area contributed by atoms with Crippen LogP contribution in [0.3, 0.4) is 0 Å². The first kappa shape index (κ1) is 19.8. The van der Waals surface area contributed by atoms with Crippen LogP contribution in [0.5, 0.6) is 5.75 Å². The Morgan fingerprint density at radius 1 is 1.08 bits per heavy atom. The van der Waals surface area contributed by atoms with Crippen LogP contribution in [0.4, 0.5) is 4.39 Å². The van der Waals surface area contributed by atoms with E-state index in [0.29, 0.717) is 15.6 Å². The maximum atomic E-state index is 13.5. The highest BCUT2D eigenvalue weighted by molar-refractivity contribution is 6.37. The molecule has 0 aromatic heterocycles. The minimum Gasteiger partial charge on any atom is -0.478 e. The number of para-hydroxylation sites is 1. The molecule has 0 spiro atoms. The van der Waals surface area contributed by atoms with Gasteiger partial charge < -0.3 is 4.74 Å². The molecule has 8 heteroatoms. The first-order valence-corrected chi connectivity index (χ1v) is 8.27. The molecular formula is C18H15Cl2FN2O3. The third-order valence-corrected chi connectivity index (χ3v) is 3.88. The summed E-state index contributed by atoms with van der Waals surface area (Å²) in [6.45, 7) is 1.42. The molecule has 1 atom stereocenters. The maximum absolute atomic E-state index is 13.5. The van der Waals surface area contributed by atoms with E-state index in [1.807, 2.05) is 0 Å². The van der Waals surface area contributed by atoms with Gasteiger partial charge in [0.25, 0.3) is 11.8 Å². The monoisotopic (exact) mass is 396 g/mol. The smallest absolute Gasteiger partial charge is 0.279 e. The second-order valence-electron chi connectivity index (χ2n) is 5.14. The van der Waals surface area contributed by atoms with Crippen molar-refractivity contribution in [3.8, 4) is 5.75 Å². The second-order valence-corrected chi connectivity index (χ2v) is 5.95. The van der Waals surface area contributed by atoms with Crippen molar-refractivity contribution in [2.24, 2.45) is 0 Å². The molecule has 0 unspecified atom stereocenters. The third kappa shape index (κ3) is 5.47. The number of halogens is 3. The third-order valence-electron chi connectivity index (χ3n) is 3.22. The molecule has 0 saturated carbocycles. The number of carbonyl (C=O) groups excluding carboxylic acids is 2. The van der Waals surface area contributed by atoms with Gasteiger partial charge in [-0.25, -0.2) is 4.39 Å². The second kappa shape index (κ2) is 9.22. The summed E-state index contributed by atoms with van der Waals surface area (Å²) in [6, 6.07) is 10.6. The van der Waals surface area contributed by atoms with Crippen LogP contribution in [0.15, 0.2) is 48.5 Å². The van der Waals surface area contributed by atoms with Gasteiger partial charge in [0.05, 0.1) is 0 Å². The lowest BCUT2D eigenvalue weighted by molar-refractivity contribution is -0.131. The standard InChI is InChI=1S/C18H15Cl2FN2O3/c1-11(26-16-8-3-2-7-15(16)21)18(25)23-22-17(24)10-9-12-13(19)5-4-6-14(12)20/h2-11H,1H3,(H,22,24)(H,23,25)/b10-9+/t11-/m0/s1. The van der Waals surface area contributed by atoms with E-state index < -0.39 is 23.7 Å². The normalized spacial score (nSPS) is 11.8. The van der Waals surface area contributed by atoms with Gasteiger partial charge in [0.1, 0.15) is 0 Å². The highest BCUT2D eigenvalue weighted by Crippen LogP contribution is 2.25. The average molecular weight is 397 g/mol. The topological polar surface area (TPSA) is 67.4 Å². The van der Waals surface area contributed by atoms with Crippen molar-refractivity contribution >= 4 is 41.1 Å². The number of hydrazine groups is 1. The van der Waals surface area contributed by atoms with Crippen molar-refractivity contribution in [3.05, 3.63) is 70.0 Å².